The van der Waals surface area contributed by atoms with Crippen LogP contribution in [0.3, 0.4) is 0 Å². The Labute approximate surface area is 107 Å². The molecule has 0 fully saturated rings. The number of aromatic nitrogens is 2. The number of carbonyl (C=O) groups excluding carboxylic acids is 2. The van der Waals surface area contributed by atoms with Gasteiger partial charge in [-0.05, 0) is 12.1 Å². The van der Waals surface area contributed by atoms with E-state index >= 15 is 0 Å². The van der Waals surface area contributed by atoms with Crippen molar-refractivity contribution in [2.24, 2.45) is 0 Å². The fourth-order valence-electron chi connectivity index (χ4n) is 1.67. The van der Waals surface area contributed by atoms with Crippen molar-refractivity contribution in [1.29, 1.82) is 0 Å². The third-order valence-corrected chi connectivity index (χ3v) is 2.54. The van der Waals surface area contributed by atoms with E-state index in [1.165, 1.54) is 6.20 Å². The fourth-order valence-corrected chi connectivity index (χ4v) is 1.67. The van der Waals surface area contributed by atoms with Gasteiger partial charge in [0.05, 0.1) is 19.7 Å². The van der Waals surface area contributed by atoms with Crippen LogP contribution in [-0.4, -0.2) is 36.1 Å². The number of H-pyrrole nitrogens is 1. The average Bonchev–Trinajstić information content (AvgIpc) is 2.45. The van der Waals surface area contributed by atoms with E-state index < -0.39 is 22.9 Å². The molecule has 0 saturated heterocycles. The SMILES string of the molecule is COC(=O)c1[nH]c2cccnc2c(=O)c1C(=O)OC. The molecule has 0 radical (unpaired) electrons. The minimum absolute atomic E-state index is 0.0514. The highest BCUT2D eigenvalue weighted by molar-refractivity contribution is 6.04. The lowest BCUT2D eigenvalue weighted by Gasteiger charge is -2.07. The maximum atomic E-state index is 12.2. The van der Waals surface area contributed by atoms with Gasteiger partial charge in [-0.1, -0.05) is 0 Å². The third-order valence-electron chi connectivity index (χ3n) is 2.54. The molecular formula is C12H10N2O5. The number of rotatable bonds is 2. The topological polar surface area (TPSA) is 98.4 Å². The van der Waals surface area contributed by atoms with Gasteiger partial charge in [-0.2, -0.15) is 0 Å². The molecule has 7 nitrogen and oxygen atoms in total. The molecule has 2 rings (SSSR count). The first-order valence-electron chi connectivity index (χ1n) is 5.27. The van der Waals surface area contributed by atoms with Gasteiger partial charge < -0.3 is 14.5 Å². The van der Waals surface area contributed by atoms with Crippen LogP contribution < -0.4 is 5.43 Å². The predicted molar refractivity (Wildman–Crippen MR) is 65.0 cm³/mol. The van der Waals surface area contributed by atoms with Gasteiger partial charge in [0.2, 0.25) is 5.43 Å². The van der Waals surface area contributed by atoms with Crippen LogP contribution in [0.4, 0.5) is 0 Å². The lowest BCUT2D eigenvalue weighted by Crippen LogP contribution is -2.24. The number of aromatic amines is 1. The first-order chi connectivity index (χ1) is 9.10. The number of methoxy groups -OCH3 is 2. The highest BCUT2D eigenvalue weighted by Crippen LogP contribution is 2.11. The van der Waals surface area contributed by atoms with Gasteiger partial charge in [-0.3, -0.25) is 9.78 Å². The smallest absolute Gasteiger partial charge is 0.355 e. The van der Waals surface area contributed by atoms with E-state index in [0.717, 1.165) is 14.2 Å². The zero-order valence-electron chi connectivity index (χ0n) is 10.2. The maximum Gasteiger partial charge on any atom is 0.355 e. The molecule has 0 aromatic carbocycles. The Kier molecular flexibility index (Phi) is 3.28. The van der Waals surface area contributed by atoms with Crippen LogP contribution in [0.25, 0.3) is 11.0 Å². The molecule has 98 valence electrons. The maximum absolute atomic E-state index is 12.2. The van der Waals surface area contributed by atoms with Gasteiger partial charge in [-0.25, -0.2) is 9.59 Å². The molecule has 0 bridgehead atoms. The number of ether oxygens (including phenoxy) is 2. The Balaban J connectivity index is 2.88. The second-order valence-electron chi connectivity index (χ2n) is 3.59. The summed E-state index contributed by atoms with van der Waals surface area (Å²) in [6.45, 7) is 0. The molecule has 0 aliphatic rings. The van der Waals surface area contributed by atoms with Gasteiger partial charge in [0, 0.05) is 6.20 Å². The Morgan fingerprint density at radius 3 is 2.53 bits per heavy atom. The van der Waals surface area contributed by atoms with Crippen LogP contribution in [0.1, 0.15) is 20.8 Å². The molecule has 0 atom stereocenters. The highest BCUT2D eigenvalue weighted by Gasteiger charge is 2.25. The third kappa shape index (κ3) is 2.05. The van der Waals surface area contributed by atoms with Crippen LogP contribution in [0.5, 0.6) is 0 Å². The van der Waals surface area contributed by atoms with Crippen molar-refractivity contribution in [3.8, 4) is 0 Å². The minimum atomic E-state index is -0.922. The van der Waals surface area contributed by atoms with E-state index in [2.05, 4.69) is 19.4 Å². The normalized spacial score (nSPS) is 10.2. The zero-order valence-corrected chi connectivity index (χ0v) is 10.2. The molecule has 2 heterocycles. The van der Waals surface area contributed by atoms with E-state index in [1.807, 2.05) is 0 Å². The van der Waals surface area contributed by atoms with Crippen molar-refractivity contribution in [2.45, 2.75) is 0 Å². The van der Waals surface area contributed by atoms with Crippen molar-refractivity contribution in [3.05, 3.63) is 39.8 Å². The number of fused-ring (bicyclic) bond motifs is 1. The molecule has 0 aliphatic heterocycles. The number of hydrogen-bond acceptors (Lipinski definition) is 6. The van der Waals surface area contributed by atoms with Crippen LogP contribution in [0.2, 0.25) is 0 Å². The minimum Gasteiger partial charge on any atom is -0.465 e. The zero-order chi connectivity index (χ0) is 14.0. The molecule has 0 saturated carbocycles. The number of esters is 2. The van der Waals surface area contributed by atoms with Crippen LogP contribution in [0.15, 0.2) is 23.1 Å². The van der Waals surface area contributed by atoms with Crippen LogP contribution in [-0.2, 0) is 9.47 Å². The molecule has 2 aromatic heterocycles. The van der Waals surface area contributed by atoms with E-state index in [0.29, 0.717) is 5.52 Å². The largest absolute Gasteiger partial charge is 0.465 e. The number of hydrogen-bond donors (Lipinski definition) is 1. The summed E-state index contributed by atoms with van der Waals surface area (Å²) in [5.74, 6) is -1.75. The first-order valence-corrected chi connectivity index (χ1v) is 5.27. The van der Waals surface area contributed by atoms with Crippen molar-refractivity contribution in [3.63, 3.8) is 0 Å². The Bertz CT molecular complexity index is 720. The summed E-state index contributed by atoms with van der Waals surface area (Å²) in [4.78, 5) is 42.0. The van der Waals surface area contributed by atoms with Gasteiger partial charge in [0.25, 0.3) is 0 Å². The van der Waals surface area contributed by atoms with Gasteiger partial charge >= 0.3 is 11.9 Å². The summed E-state index contributed by atoms with van der Waals surface area (Å²) in [7, 11) is 2.26. The van der Waals surface area contributed by atoms with Crippen molar-refractivity contribution in [1.82, 2.24) is 9.97 Å². The van der Waals surface area contributed by atoms with E-state index in [4.69, 9.17) is 0 Å². The summed E-state index contributed by atoms with van der Waals surface area (Å²) >= 11 is 0. The lowest BCUT2D eigenvalue weighted by molar-refractivity contribution is 0.0549. The van der Waals surface area contributed by atoms with Crippen LogP contribution >= 0.6 is 0 Å². The Hall–Kier alpha value is -2.70. The molecule has 1 N–H and O–H groups in total. The van der Waals surface area contributed by atoms with Gasteiger partial charge in [-0.15, -0.1) is 0 Å². The number of nitrogens with one attached hydrogen (secondary N) is 1. The van der Waals surface area contributed by atoms with E-state index in [-0.39, 0.29) is 11.2 Å². The van der Waals surface area contributed by atoms with E-state index in [9.17, 15) is 14.4 Å². The second kappa shape index (κ2) is 4.89. The summed E-state index contributed by atoms with van der Waals surface area (Å²) in [5.41, 5.74) is -0.960. The van der Waals surface area contributed by atoms with Crippen molar-refractivity contribution < 1.29 is 19.1 Å². The molecule has 0 aliphatic carbocycles. The number of nitrogens with zero attached hydrogens (tertiary/aromatic N) is 1. The Morgan fingerprint density at radius 2 is 1.89 bits per heavy atom. The highest BCUT2D eigenvalue weighted by atomic mass is 16.5. The van der Waals surface area contributed by atoms with Crippen molar-refractivity contribution in [2.75, 3.05) is 14.2 Å². The Morgan fingerprint density at radius 1 is 1.21 bits per heavy atom. The monoisotopic (exact) mass is 262 g/mol. The summed E-state index contributed by atoms with van der Waals surface area (Å²) in [5, 5.41) is 0. The molecular weight excluding hydrogens is 252 g/mol. The van der Waals surface area contributed by atoms with E-state index in [1.54, 1.807) is 12.1 Å². The van der Waals surface area contributed by atoms with Gasteiger partial charge in [0.1, 0.15) is 16.8 Å². The second-order valence-corrected chi connectivity index (χ2v) is 3.59. The molecule has 2 aromatic rings. The summed E-state index contributed by atoms with van der Waals surface area (Å²) in [6.07, 6.45) is 1.41. The number of pyridine rings is 2. The summed E-state index contributed by atoms with van der Waals surface area (Å²) in [6, 6.07) is 3.16. The first kappa shape index (κ1) is 12.7. The number of carbonyl (C=O) groups is 2. The lowest BCUT2D eigenvalue weighted by atomic mass is 10.1. The van der Waals surface area contributed by atoms with Crippen molar-refractivity contribution >= 4 is 23.0 Å². The molecule has 0 unspecified atom stereocenters. The quantitative estimate of drug-likeness (QED) is 0.791. The molecule has 0 spiro atoms. The summed E-state index contributed by atoms with van der Waals surface area (Å²) < 4.78 is 9.05. The molecule has 19 heavy (non-hydrogen) atoms. The van der Waals surface area contributed by atoms with Gasteiger partial charge in [0.15, 0.2) is 0 Å². The standard InChI is InChI=1S/C12H10N2O5/c1-18-11(16)7-9(12(17)19-2)14-6-4-3-5-13-8(6)10(7)15/h3-5H,1-2H3,(H,14,15). The molecule has 0 amide bonds. The fraction of sp³-hybridized carbons (Fsp3) is 0.167. The average molecular weight is 262 g/mol. The molecule has 7 heteroatoms. The predicted octanol–water partition coefficient (Wildman–Crippen LogP) is 0.496. The van der Waals surface area contributed by atoms with Crippen LogP contribution in [0, 0.1) is 0 Å².